The summed E-state index contributed by atoms with van der Waals surface area (Å²) in [4.78, 5) is 31.6. The lowest BCUT2D eigenvalue weighted by Crippen LogP contribution is -2.40. The lowest BCUT2D eigenvalue weighted by molar-refractivity contribution is 0.0842. The van der Waals surface area contributed by atoms with Crippen molar-refractivity contribution >= 4 is 28.6 Å². The highest BCUT2D eigenvalue weighted by Gasteiger charge is 2.26. The second kappa shape index (κ2) is 12.3. The Morgan fingerprint density at radius 2 is 2.06 bits per heavy atom. The molecular formula is C23H35N7O3. The molecule has 2 aromatic rings. The maximum atomic E-state index is 12.6. The third-order valence-corrected chi connectivity index (χ3v) is 5.49. The lowest BCUT2D eigenvalue weighted by atomic mass is 9.90. The molecule has 1 heterocycles. The fraction of sp³-hybridized carbons (Fsp3) is 0.565. The van der Waals surface area contributed by atoms with Gasteiger partial charge in [-0.3, -0.25) is 9.63 Å². The first-order valence-electron chi connectivity index (χ1n) is 11.5. The van der Waals surface area contributed by atoms with Crippen LogP contribution in [0.4, 0.5) is 5.82 Å². The zero-order valence-electron chi connectivity index (χ0n) is 19.7. The summed E-state index contributed by atoms with van der Waals surface area (Å²) in [7, 11) is 1.59. The van der Waals surface area contributed by atoms with Crippen LogP contribution in [0.1, 0.15) is 55.2 Å². The molecule has 0 saturated heterocycles. The Morgan fingerprint density at radius 1 is 1.24 bits per heavy atom. The molecule has 0 unspecified atom stereocenters. The number of benzene rings is 1. The number of nitrogens with zero attached hydrogens (tertiary/aromatic N) is 3. The van der Waals surface area contributed by atoms with Crippen molar-refractivity contribution in [1.82, 2.24) is 20.8 Å². The van der Waals surface area contributed by atoms with Crippen molar-refractivity contribution in [3.8, 4) is 0 Å². The fourth-order valence-electron chi connectivity index (χ4n) is 3.84. The molecule has 1 aliphatic carbocycles. The van der Waals surface area contributed by atoms with Crippen LogP contribution in [0.25, 0.3) is 10.9 Å². The number of fused-ring (bicyclic) bond motifs is 1. The van der Waals surface area contributed by atoms with Gasteiger partial charge in [0, 0.05) is 19.0 Å². The number of hydrogen-bond acceptors (Lipinski definition) is 7. The van der Waals surface area contributed by atoms with Gasteiger partial charge in [0.05, 0.1) is 30.8 Å². The Balaban J connectivity index is 1.86. The summed E-state index contributed by atoms with van der Waals surface area (Å²) in [6.45, 7) is 5.41. The largest absolute Gasteiger partial charge is 0.383 e. The normalized spacial score (nSPS) is 18.8. The summed E-state index contributed by atoms with van der Waals surface area (Å²) < 4.78 is 5.01. The molecule has 1 aromatic carbocycles. The third-order valence-electron chi connectivity index (χ3n) is 5.49. The molecule has 0 bridgehead atoms. The van der Waals surface area contributed by atoms with Gasteiger partial charge in [0.15, 0.2) is 0 Å². The number of carbonyl (C=O) groups excluding carboxylic acids is 1. The number of methoxy groups -OCH3 is 1. The molecule has 180 valence electrons. The smallest absolute Gasteiger partial charge is 0.289 e. The number of carbonyl (C=O) groups is 1. The zero-order chi connectivity index (χ0) is 23.6. The number of aromatic nitrogens is 2. The maximum Gasteiger partial charge on any atom is 0.289 e. The highest BCUT2D eigenvalue weighted by molar-refractivity contribution is 5.96. The van der Waals surface area contributed by atoms with Gasteiger partial charge in [0.2, 0.25) is 11.8 Å². The molecule has 1 aromatic heterocycles. The van der Waals surface area contributed by atoms with Gasteiger partial charge in [-0.2, -0.15) is 0 Å². The number of anilines is 1. The van der Waals surface area contributed by atoms with Crippen molar-refractivity contribution in [2.24, 2.45) is 10.7 Å². The number of hydroxylamine groups is 1. The van der Waals surface area contributed by atoms with E-state index in [1.165, 1.54) is 0 Å². The molecular weight excluding hydrogens is 422 g/mol. The Bertz CT molecular complexity index is 966. The topological polar surface area (TPSA) is 136 Å². The molecule has 1 saturated carbocycles. The average molecular weight is 458 g/mol. The van der Waals surface area contributed by atoms with Gasteiger partial charge in [-0.25, -0.2) is 20.4 Å². The van der Waals surface area contributed by atoms with E-state index in [9.17, 15) is 4.79 Å². The van der Waals surface area contributed by atoms with Crippen molar-refractivity contribution in [3.05, 3.63) is 29.6 Å². The van der Waals surface area contributed by atoms with Crippen LogP contribution in [0.5, 0.6) is 0 Å². The van der Waals surface area contributed by atoms with Crippen LogP contribution in [-0.2, 0) is 9.57 Å². The molecule has 3 rings (SSSR count). The maximum absolute atomic E-state index is 12.6. The minimum absolute atomic E-state index is 0.0216. The number of aryl methyl sites for hydroxylation is 1. The molecule has 33 heavy (non-hydrogen) atoms. The van der Waals surface area contributed by atoms with E-state index in [1.54, 1.807) is 7.11 Å². The minimum atomic E-state index is -0.336. The molecule has 10 heteroatoms. The van der Waals surface area contributed by atoms with Crippen molar-refractivity contribution in [2.45, 2.75) is 58.0 Å². The van der Waals surface area contributed by atoms with E-state index in [-0.39, 0.29) is 29.8 Å². The van der Waals surface area contributed by atoms with E-state index in [2.05, 4.69) is 31.1 Å². The summed E-state index contributed by atoms with van der Waals surface area (Å²) in [5.74, 6) is 0.678. The van der Waals surface area contributed by atoms with E-state index < -0.39 is 0 Å². The molecule has 5 N–H and O–H groups in total. The Hall–Kier alpha value is -2.98. The van der Waals surface area contributed by atoms with Gasteiger partial charge in [0.1, 0.15) is 5.82 Å². The van der Waals surface area contributed by atoms with Crippen molar-refractivity contribution in [2.75, 3.05) is 32.2 Å². The summed E-state index contributed by atoms with van der Waals surface area (Å²) in [5.41, 5.74) is 10.5. The zero-order valence-corrected chi connectivity index (χ0v) is 19.7. The Morgan fingerprint density at radius 3 is 2.85 bits per heavy atom. The van der Waals surface area contributed by atoms with Gasteiger partial charge >= 0.3 is 0 Å². The molecule has 2 atom stereocenters. The van der Waals surface area contributed by atoms with Crippen LogP contribution in [0.15, 0.2) is 23.2 Å². The molecule has 0 radical (unpaired) electrons. The molecule has 1 aliphatic rings. The summed E-state index contributed by atoms with van der Waals surface area (Å²) >= 11 is 0. The standard InChI is InChI=1S/C23H35N7O3/c1-4-12-33-30-23(24)28-19-8-6-5-7-18(19)27-20-16-14-15(2)9-10-17(16)26-21(29-20)22(31)25-11-13-32-3/h9-10,14,18-19H,4-8,11-13H2,1-3H3,(H,25,31)(H3,24,28,30)(H,26,27,29)/t18-,19+/m0/s1. The number of nitrogens with one attached hydrogen (secondary N) is 3. The number of hydrogen-bond donors (Lipinski definition) is 4. The molecule has 0 aliphatic heterocycles. The number of guanidine groups is 1. The van der Waals surface area contributed by atoms with Crippen molar-refractivity contribution in [1.29, 1.82) is 0 Å². The summed E-state index contributed by atoms with van der Waals surface area (Å²) in [5, 5.41) is 7.21. The number of amides is 1. The first-order valence-corrected chi connectivity index (χ1v) is 11.5. The van der Waals surface area contributed by atoms with Gasteiger partial charge in [-0.05, 0) is 38.3 Å². The van der Waals surface area contributed by atoms with Crippen LogP contribution in [0.3, 0.4) is 0 Å². The fourth-order valence-corrected chi connectivity index (χ4v) is 3.84. The van der Waals surface area contributed by atoms with Crippen LogP contribution in [0.2, 0.25) is 0 Å². The van der Waals surface area contributed by atoms with E-state index in [0.29, 0.717) is 31.1 Å². The summed E-state index contributed by atoms with van der Waals surface area (Å²) in [6, 6.07) is 5.90. The second-order valence-electron chi connectivity index (χ2n) is 8.23. The second-order valence-corrected chi connectivity index (χ2v) is 8.23. The van der Waals surface area contributed by atoms with Gasteiger partial charge in [-0.15, -0.1) is 0 Å². The SMILES string of the molecule is CCCONC(N)=N[C@@H]1CCCC[C@@H]1Nc1nc(C(=O)NCCOC)nc2ccc(C)cc12. The van der Waals surface area contributed by atoms with Crippen LogP contribution in [-0.4, -0.2) is 60.8 Å². The molecule has 10 nitrogen and oxygen atoms in total. The first-order chi connectivity index (χ1) is 16.0. The van der Waals surface area contributed by atoms with Crippen LogP contribution >= 0.6 is 0 Å². The number of aliphatic imine (C=N–C) groups is 1. The lowest BCUT2D eigenvalue weighted by Gasteiger charge is -2.30. The number of rotatable bonds is 10. The van der Waals surface area contributed by atoms with Crippen molar-refractivity contribution < 1.29 is 14.4 Å². The highest BCUT2D eigenvalue weighted by atomic mass is 16.6. The Labute approximate surface area is 194 Å². The average Bonchev–Trinajstić information content (AvgIpc) is 2.80. The summed E-state index contributed by atoms with van der Waals surface area (Å²) in [6.07, 6.45) is 4.86. The van der Waals surface area contributed by atoms with Crippen LogP contribution < -0.4 is 21.8 Å². The predicted octanol–water partition coefficient (Wildman–Crippen LogP) is 2.28. The first kappa shape index (κ1) is 24.7. The van der Waals surface area contributed by atoms with Gasteiger partial charge in [0.25, 0.3) is 5.91 Å². The molecule has 1 fully saturated rings. The molecule has 1 amide bonds. The third kappa shape index (κ3) is 7.00. The van der Waals surface area contributed by atoms with Crippen LogP contribution in [0, 0.1) is 6.92 Å². The monoisotopic (exact) mass is 457 g/mol. The number of nitrogens with two attached hydrogens (primary N) is 1. The molecule has 0 spiro atoms. The van der Waals surface area contributed by atoms with Crippen molar-refractivity contribution in [3.63, 3.8) is 0 Å². The minimum Gasteiger partial charge on any atom is -0.383 e. The van der Waals surface area contributed by atoms with Gasteiger partial charge < -0.3 is 21.1 Å². The predicted molar refractivity (Wildman–Crippen MR) is 129 cm³/mol. The van der Waals surface area contributed by atoms with Gasteiger partial charge in [-0.1, -0.05) is 31.4 Å². The van der Waals surface area contributed by atoms with E-state index in [0.717, 1.165) is 43.1 Å². The van der Waals surface area contributed by atoms with E-state index >= 15 is 0 Å². The highest BCUT2D eigenvalue weighted by Crippen LogP contribution is 2.28. The van der Waals surface area contributed by atoms with E-state index in [4.69, 9.17) is 15.3 Å². The Kier molecular flexibility index (Phi) is 9.20. The number of ether oxygens (including phenoxy) is 1. The quantitative estimate of drug-likeness (QED) is 0.185. The van der Waals surface area contributed by atoms with E-state index in [1.807, 2.05) is 32.0 Å².